The lowest BCUT2D eigenvalue weighted by molar-refractivity contribution is -0.137. The lowest BCUT2D eigenvalue weighted by Crippen LogP contribution is -2.16. The van der Waals surface area contributed by atoms with E-state index in [9.17, 15) is 22.8 Å². The van der Waals surface area contributed by atoms with E-state index in [2.05, 4.69) is 15.0 Å². The van der Waals surface area contributed by atoms with Crippen LogP contribution in [0.1, 0.15) is 32.1 Å². The monoisotopic (exact) mass is 411 g/mol. The molecule has 0 fully saturated rings. The molecule has 3 rings (SSSR count). The third-order valence-corrected chi connectivity index (χ3v) is 4.23. The lowest BCUT2D eigenvalue weighted by Gasteiger charge is -2.10. The molecule has 0 aliphatic rings. The zero-order chi connectivity index (χ0) is 20.6. The van der Waals surface area contributed by atoms with Gasteiger partial charge in [-0.1, -0.05) is 11.6 Å². The highest BCUT2D eigenvalue weighted by Gasteiger charge is 2.33. The van der Waals surface area contributed by atoms with E-state index < -0.39 is 23.6 Å². The van der Waals surface area contributed by atoms with Gasteiger partial charge >= 0.3 is 12.1 Å². The third kappa shape index (κ3) is 3.65. The first-order valence-corrected chi connectivity index (χ1v) is 8.24. The number of hydrogen-bond donors (Lipinski definition) is 1. The average molecular weight is 412 g/mol. The van der Waals surface area contributed by atoms with Crippen LogP contribution in [0.5, 0.6) is 0 Å². The van der Waals surface area contributed by atoms with Crippen molar-refractivity contribution in [3.63, 3.8) is 0 Å². The molecule has 0 saturated carbocycles. The number of alkyl halides is 3. The van der Waals surface area contributed by atoms with E-state index >= 15 is 0 Å². The molecule has 1 amide bonds. The fourth-order valence-corrected chi connectivity index (χ4v) is 2.89. The number of pyridine rings is 1. The van der Waals surface area contributed by atoms with Crippen molar-refractivity contribution in [1.82, 2.24) is 9.38 Å². The molecule has 2 aromatic heterocycles. The summed E-state index contributed by atoms with van der Waals surface area (Å²) in [6, 6.07) is 6.59. The van der Waals surface area contributed by atoms with E-state index in [1.165, 1.54) is 38.3 Å². The number of nitrogens with zero attached hydrogens (tertiary/aromatic N) is 2. The quantitative estimate of drug-likeness (QED) is 0.650. The van der Waals surface area contributed by atoms with Gasteiger partial charge in [-0.3, -0.25) is 9.20 Å². The Morgan fingerprint density at radius 1 is 1.21 bits per heavy atom. The van der Waals surface area contributed by atoms with Gasteiger partial charge in [0.25, 0.3) is 5.91 Å². The van der Waals surface area contributed by atoms with Crippen LogP contribution < -0.4 is 5.32 Å². The second-order valence-corrected chi connectivity index (χ2v) is 6.24. The first-order valence-electron chi connectivity index (χ1n) is 7.87. The van der Waals surface area contributed by atoms with Gasteiger partial charge < -0.3 is 10.1 Å². The van der Waals surface area contributed by atoms with Gasteiger partial charge in [-0.25, -0.2) is 9.78 Å². The maximum Gasteiger partial charge on any atom is 0.417 e. The Morgan fingerprint density at radius 2 is 1.86 bits per heavy atom. The van der Waals surface area contributed by atoms with E-state index in [-0.39, 0.29) is 27.6 Å². The summed E-state index contributed by atoms with van der Waals surface area (Å²) in [5, 5.41) is 2.34. The van der Waals surface area contributed by atoms with Crippen LogP contribution in [-0.2, 0) is 10.9 Å². The van der Waals surface area contributed by atoms with Crippen molar-refractivity contribution in [2.24, 2.45) is 0 Å². The van der Waals surface area contributed by atoms with Crippen LogP contribution in [-0.4, -0.2) is 28.4 Å². The van der Waals surface area contributed by atoms with Gasteiger partial charge in [0, 0.05) is 11.9 Å². The lowest BCUT2D eigenvalue weighted by atomic mass is 10.2. The van der Waals surface area contributed by atoms with Crippen molar-refractivity contribution in [3.05, 3.63) is 64.1 Å². The smallest absolute Gasteiger partial charge is 0.417 e. The summed E-state index contributed by atoms with van der Waals surface area (Å²) in [4.78, 5) is 28.2. The van der Waals surface area contributed by atoms with Gasteiger partial charge in [0.05, 0.1) is 29.0 Å². The van der Waals surface area contributed by atoms with Crippen molar-refractivity contribution in [3.8, 4) is 0 Å². The molecule has 0 bridgehead atoms. The van der Waals surface area contributed by atoms with Gasteiger partial charge in [0.15, 0.2) is 5.65 Å². The predicted molar refractivity (Wildman–Crippen MR) is 95.7 cm³/mol. The van der Waals surface area contributed by atoms with E-state index in [1.807, 2.05) is 0 Å². The van der Waals surface area contributed by atoms with E-state index in [1.54, 1.807) is 0 Å². The summed E-state index contributed by atoms with van der Waals surface area (Å²) in [6.45, 7) is 1.49. The number of amides is 1. The number of aromatic nitrogens is 2. The fraction of sp³-hybridized carbons (Fsp3) is 0.167. The normalized spacial score (nSPS) is 11.5. The summed E-state index contributed by atoms with van der Waals surface area (Å²) in [5.41, 5.74) is -0.208. The second-order valence-electron chi connectivity index (χ2n) is 5.84. The van der Waals surface area contributed by atoms with Crippen molar-refractivity contribution < 1.29 is 27.5 Å². The largest absolute Gasteiger partial charge is 0.465 e. The summed E-state index contributed by atoms with van der Waals surface area (Å²) in [6.07, 6.45) is -3.86. The number of anilines is 1. The molecule has 146 valence electrons. The number of methoxy groups -OCH3 is 1. The highest BCUT2D eigenvalue weighted by Crippen LogP contribution is 2.33. The predicted octanol–water partition coefficient (Wildman–Crippen LogP) is 4.35. The number of aryl methyl sites for hydroxylation is 1. The van der Waals surface area contributed by atoms with Gasteiger partial charge in [-0.05, 0) is 37.3 Å². The number of carbonyl (C=O) groups is 2. The van der Waals surface area contributed by atoms with Crippen LogP contribution in [0.3, 0.4) is 0 Å². The molecule has 0 radical (unpaired) electrons. The molecule has 10 heteroatoms. The Kier molecular flexibility index (Phi) is 5.03. The standard InChI is InChI=1S/C18H13ClF3N3O3/c1-9-14(16(26)24-12-5-3-10(4-6-12)17(27)28-2)25-8-11(18(20,21)22)7-13(19)15(25)23-9/h3-8H,1-2H3,(H,24,26). The molecule has 0 spiro atoms. The van der Waals surface area contributed by atoms with Crippen molar-refractivity contribution in [1.29, 1.82) is 0 Å². The Hall–Kier alpha value is -3.07. The zero-order valence-electron chi connectivity index (χ0n) is 14.6. The van der Waals surface area contributed by atoms with E-state index in [0.717, 1.165) is 16.7 Å². The topological polar surface area (TPSA) is 72.7 Å². The van der Waals surface area contributed by atoms with Gasteiger partial charge in [-0.15, -0.1) is 0 Å². The maximum atomic E-state index is 13.1. The van der Waals surface area contributed by atoms with Crippen molar-refractivity contribution in [2.45, 2.75) is 13.1 Å². The maximum absolute atomic E-state index is 13.1. The highest BCUT2D eigenvalue weighted by molar-refractivity contribution is 6.33. The molecule has 2 heterocycles. The van der Waals surface area contributed by atoms with Crippen molar-refractivity contribution >= 4 is 34.8 Å². The van der Waals surface area contributed by atoms with Crippen molar-refractivity contribution in [2.75, 3.05) is 12.4 Å². The van der Waals surface area contributed by atoms with Crippen LogP contribution >= 0.6 is 11.6 Å². The summed E-state index contributed by atoms with van der Waals surface area (Å²) in [5.74, 6) is -1.21. The third-order valence-electron chi connectivity index (χ3n) is 3.96. The zero-order valence-corrected chi connectivity index (χ0v) is 15.4. The minimum Gasteiger partial charge on any atom is -0.465 e. The van der Waals surface area contributed by atoms with Crippen LogP contribution in [0.15, 0.2) is 36.5 Å². The molecule has 6 nitrogen and oxygen atoms in total. The van der Waals surface area contributed by atoms with E-state index in [0.29, 0.717) is 5.69 Å². The van der Waals surface area contributed by atoms with Gasteiger partial charge in [0.1, 0.15) is 5.69 Å². The Balaban J connectivity index is 1.98. The van der Waals surface area contributed by atoms with Gasteiger partial charge in [-0.2, -0.15) is 13.2 Å². The molecule has 0 atom stereocenters. The number of esters is 1. The van der Waals surface area contributed by atoms with Crippen LogP contribution in [0, 0.1) is 6.92 Å². The summed E-state index contributed by atoms with van der Waals surface area (Å²) >= 11 is 5.92. The number of halogens is 4. The molecular formula is C18H13ClF3N3O3. The molecule has 1 N–H and O–H groups in total. The fourth-order valence-electron chi connectivity index (χ4n) is 2.64. The number of rotatable bonds is 3. The Labute approximate surface area is 161 Å². The SMILES string of the molecule is COC(=O)c1ccc(NC(=O)c2c(C)nc3c(Cl)cc(C(F)(F)F)cn23)cc1. The molecule has 3 aromatic rings. The number of nitrogens with one attached hydrogen (secondary N) is 1. The molecular weight excluding hydrogens is 399 g/mol. The van der Waals surface area contributed by atoms with Gasteiger partial charge in [0.2, 0.25) is 0 Å². The number of carbonyl (C=O) groups excluding carboxylic acids is 2. The molecule has 28 heavy (non-hydrogen) atoms. The first-order chi connectivity index (χ1) is 13.1. The summed E-state index contributed by atoms with van der Waals surface area (Å²) < 4.78 is 44.9. The highest BCUT2D eigenvalue weighted by atomic mass is 35.5. The first kappa shape index (κ1) is 19.7. The number of fused-ring (bicyclic) bond motifs is 1. The molecule has 0 unspecified atom stereocenters. The number of benzene rings is 1. The molecule has 1 aromatic carbocycles. The minimum atomic E-state index is -4.63. The number of hydrogen-bond acceptors (Lipinski definition) is 4. The second kappa shape index (κ2) is 7.16. The van der Waals surface area contributed by atoms with Crippen LogP contribution in [0.4, 0.5) is 18.9 Å². The Bertz CT molecular complexity index is 1080. The molecule has 0 aliphatic carbocycles. The minimum absolute atomic E-state index is 0.0401. The molecule has 0 saturated heterocycles. The van der Waals surface area contributed by atoms with Crippen LogP contribution in [0.2, 0.25) is 5.02 Å². The van der Waals surface area contributed by atoms with Crippen LogP contribution in [0.25, 0.3) is 5.65 Å². The number of imidazole rings is 1. The average Bonchev–Trinajstić information content (AvgIpc) is 2.97. The summed E-state index contributed by atoms with van der Waals surface area (Å²) in [7, 11) is 1.24. The Morgan fingerprint density at radius 3 is 2.43 bits per heavy atom. The number of ether oxygens (including phenoxy) is 1. The molecule has 0 aliphatic heterocycles. The van der Waals surface area contributed by atoms with E-state index in [4.69, 9.17) is 11.6 Å².